The Hall–Kier alpha value is -2.11. The first kappa shape index (κ1) is 17.7. The third kappa shape index (κ3) is 5.73. The van der Waals surface area contributed by atoms with Crippen LogP contribution in [0.1, 0.15) is 18.4 Å². The predicted molar refractivity (Wildman–Crippen MR) is 100 cm³/mol. The fourth-order valence-corrected chi connectivity index (χ4v) is 3.17. The first-order valence-corrected chi connectivity index (χ1v) is 9.06. The Morgan fingerprint density at radius 2 is 1.92 bits per heavy atom. The summed E-state index contributed by atoms with van der Waals surface area (Å²) < 4.78 is 5.28. The third-order valence-electron chi connectivity index (χ3n) is 4.60. The van der Waals surface area contributed by atoms with Gasteiger partial charge >= 0.3 is 0 Å². The summed E-state index contributed by atoms with van der Waals surface area (Å²) in [5, 5.41) is 12.3. The maximum absolute atomic E-state index is 8.75. The number of piperidine rings is 1. The normalized spacial score (nSPS) is 15.9. The first-order chi connectivity index (χ1) is 12.3. The molecule has 0 saturated carbocycles. The van der Waals surface area contributed by atoms with Crippen LogP contribution in [0.4, 0.5) is 5.69 Å². The quantitative estimate of drug-likeness (QED) is 0.773. The number of likely N-dealkylation sites (tertiary alicyclic amines) is 1. The van der Waals surface area contributed by atoms with Gasteiger partial charge in [0.05, 0.1) is 18.5 Å². The highest BCUT2D eigenvalue weighted by Gasteiger charge is 2.18. The van der Waals surface area contributed by atoms with Gasteiger partial charge in [-0.15, -0.1) is 0 Å². The number of pyridine rings is 1. The van der Waals surface area contributed by atoms with Crippen molar-refractivity contribution in [2.24, 2.45) is 0 Å². The number of aliphatic hydroxyl groups is 1. The smallest absolute Gasteiger partial charge is 0.213 e. The number of rotatable bonds is 8. The zero-order chi connectivity index (χ0) is 17.3. The Morgan fingerprint density at radius 1 is 1.12 bits per heavy atom. The Labute approximate surface area is 149 Å². The van der Waals surface area contributed by atoms with Crippen molar-refractivity contribution >= 4 is 5.69 Å². The minimum absolute atomic E-state index is 0.00449. The molecule has 0 atom stereocenters. The van der Waals surface area contributed by atoms with Crippen molar-refractivity contribution in [2.45, 2.75) is 25.3 Å². The SMILES string of the molecule is OCCOc1ccc(NC2CCN(CCc3ccccc3)CC2)cn1. The Morgan fingerprint density at radius 3 is 2.60 bits per heavy atom. The molecule has 0 bridgehead atoms. The highest BCUT2D eigenvalue weighted by Crippen LogP contribution is 2.18. The minimum atomic E-state index is 0.00449. The van der Waals surface area contributed by atoms with E-state index in [1.54, 1.807) is 6.20 Å². The summed E-state index contributed by atoms with van der Waals surface area (Å²) >= 11 is 0. The summed E-state index contributed by atoms with van der Waals surface area (Å²) in [6, 6.07) is 15.0. The van der Waals surface area contributed by atoms with Gasteiger partial charge in [-0.05, 0) is 30.9 Å². The Balaban J connectivity index is 1.38. The summed E-state index contributed by atoms with van der Waals surface area (Å²) in [4.78, 5) is 6.80. The van der Waals surface area contributed by atoms with Crippen LogP contribution in [-0.4, -0.2) is 53.9 Å². The van der Waals surface area contributed by atoms with E-state index in [0.717, 1.165) is 44.6 Å². The molecule has 3 rings (SSSR count). The largest absolute Gasteiger partial charge is 0.475 e. The van der Waals surface area contributed by atoms with Crippen molar-refractivity contribution in [2.75, 3.05) is 38.2 Å². The molecule has 1 aliphatic heterocycles. The van der Waals surface area contributed by atoms with Gasteiger partial charge in [-0.2, -0.15) is 0 Å². The van der Waals surface area contributed by atoms with Crippen LogP contribution < -0.4 is 10.1 Å². The molecule has 0 radical (unpaired) electrons. The van der Waals surface area contributed by atoms with Crippen molar-refractivity contribution in [1.29, 1.82) is 0 Å². The van der Waals surface area contributed by atoms with Gasteiger partial charge in [0.2, 0.25) is 5.88 Å². The van der Waals surface area contributed by atoms with Crippen molar-refractivity contribution in [3.63, 3.8) is 0 Å². The molecule has 2 N–H and O–H groups in total. The van der Waals surface area contributed by atoms with E-state index in [4.69, 9.17) is 9.84 Å². The summed E-state index contributed by atoms with van der Waals surface area (Å²) in [6.45, 7) is 3.69. The van der Waals surface area contributed by atoms with Gasteiger partial charge in [-0.25, -0.2) is 4.98 Å². The predicted octanol–water partition coefficient (Wildman–Crippen LogP) is 2.57. The zero-order valence-electron chi connectivity index (χ0n) is 14.6. The standard InChI is InChI=1S/C20H27N3O2/c24-14-15-25-20-7-6-19(16-21-20)22-18-9-12-23(13-10-18)11-8-17-4-2-1-3-5-17/h1-7,16,18,22,24H,8-15H2. The number of ether oxygens (including phenoxy) is 1. The van der Waals surface area contributed by atoms with Crippen molar-refractivity contribution in [3.8, 4) is 5.88 Å². The molecule has 0 unspecified atom stereocenters. The molecule has 1 fully saturated rings. The van der Waals surface area contributed by atoms with Gasteiger partial charge in [0, 0.05) is 31.7 Å². The van der Waals surface area contributed by atoms with E-state index in [0.29, 0.717) is 11.9 Å². The van der Waals surface area contributed by atoms with E-state index in [9.17, 15) is 0 Å². The second-order valence-electron chi connectivity index (χ2n) is 6.45. The van der Waals surface area contributed by atoms with Crippen LogP contribution >= 0.6 is 0 Å². The van der Waals surface area contributed by atoms with E-state index in [2.05, 4.69) is 45.5 Å². The van der Waals surface area contributed by atoms with Crippen molar-refractivity contribution in [1.82, 2.24) is 9.88 Å². The van der Waals surface area contributed by atoms with Gasteiger partial charge in [0.25, 0.3) is 0 Å². The van der Waals surface area contributed by atoms with E-state index < -0.39 is 0 Å². The number of benzene rings is 1. The summed E-state index contributed by atoms with van der Waals surface area (Å²) in [7, 11) is 0. The van der Waals surface area contributed by atoms with Crippen LogP contribution in [0.25, 0.3) is 0 Å². The highest BCUT2D eigenvalue weighted by molar-refractivity contribution is 5.43. The fourth-order valence-electron chi connectivity index (χ4n) is 3.17. The number of aromatic nitrogens is 1. The number of nitrogens with zero attached hydrogens (tertiary/aromatic N) is 2. The molecule has 1 aromatic heterocycles. The minimum Gasteiger partial charge on any atom is -0.475 e. The van der Waals surface area contributed by atoms with E-state index in [1.807, 2.05) is 12.1 Å². The highest BCUT2D eigenvalue weighted by atomic mass is 16.5. The maximum Gasteiger partial charge on any atom is 0.213 e. The number of hydrogen-bond donors (Lipinski definition) is 2. The molecule has 2 heterocycles. The second kappa shape index (κ2) is 9.39. The topological polar surface area (TPSA) is 57.6 Å². The monoisotopic (exact) mass is 341 g/mol. The molecule has 5 heteroatoms. The summed E-state index contributed by atoms with van der Waals surface area (Å²) in [5.41, 5.74) is 2.44. The third-order valence-corrected chi connectivity index (χ3v) is 4.60. The number of hydrogen-bond acceptors (Lipinski definition) is 5. The van der Waals surface area contributed by atoms with Gasteiger partial charge in [-0.3, -0.25) is 0 Å². The molecule has 1 saturated heterocycles. The molecule has 5 nitrogen and oxygen atoms in total. The average Bonchev–Trinajstić information content (AvgIpc) is 2.68. The van der Waals surface area contributed by atoms with E-state index in [-0.39, 0.29) is 13.2 Å². The zero-order valence-corrected chi connectivity index (χ0v) is 14.6. The Kier molecular flexibility index (Phi) is 6.65. The van der Waals surface area contributed by atoms with Gasteiger partial charge < -0.3 is 20.1 Å². The van der Waals surface area contributed by atoms with Crippen LogP contribution in [0.3, 0.4) is 0 Å². The lowest BCUT2D eigenvalue weighted by Gasteiger charge is -2.32. The van der Waals surface area contributed by atoms with Crippen LogP contribution in [-0.2, 0) is 6.42 Å². The van der Waals surface area contributed by atoms with E-state index in [1.165, 1.54) is 5.56 Å². The maximum atomic E-state index is 8.75. The molecule has 0 aliphatic carbocycles. The summed E-state index contributed by atoms with van der Waals surface area (Å²) in [6.07, 6.45) is 5.22. The molecule has 0 amide bonds. The molecule has 1 aliphatic rings. The molecular weight excluding hydrogens is 314 g/mol. The fraction of sp³-hybridized carbons (Fsp3) is 0.450. The van der Waals surface area contributed by atoms with E-state index >= 15 is 0 Å². The lowest BCUT2D eigenvalue weighted by molar-refractivity contribution is 0.196. The summed E-state index contributed by atoms with van der Waals surface area (Å²) in [5.74, 6) is 0.551. The molecule has 1 aromatic carbocycles. The van der Waals surface area contributed by atoms with Crippen molar-refractivity contribution in [3.05, 3.63) is 54.2 Å². The second-order valence-corrected chi connectivity index (χ2v) is 6.45. The lowest BCUT2D eigenvalue weighted by atomic mass is 10.0. The average molecular weight is 341 g/mol. The number of nitrogens with one attached hydrogen (secondary N) is 1. The lowest BCUT2D eigenvalue weighted by Crippen LogP contribution is -2.40. The van der Waals surface area contributed by atoms with Gasteiger partial charge in [0.1, 0.15) is 6.61 Å². The molecular formula is C20H27N3O2. The molecule has 2 aromatic rings. The number of aliphatic hydroxyl groups excluding tert-OH is 1. The van der Waals surface area contributed by atoms with Crippen LogP contribution in [0.15, 0.2) is 48.7 Å². The Bertz CT molecular complexity index is 611. The van der Waals surface area contributed by atoms with Crippen LogP contribution in [0, 0.1) is 0 Å². The van der Waals surface area contributed by atoms with Gasteiger partial charge in [0.15, 0.2) is 0 Å². The van der Waals surface area contributed by atoms with Crippen LogP contribution in [0.2, 0.25) is 0 Å². The van der Waals surface area contributed by atoms with Gasteiger partial charge in [-0.1, -0.05) is 30.3 Å². The van der Waals surface area contributed by atoms with Crippen molar-refractivity contribution < 1.29 is 9.84 Å². The molecule has 134 valence electrons. The number of anilines is 1. The molecule has 0 spiro atoms. The van der Waals surface area contributed by atoms with Crippen LogP contribution in [0.5, 0.6) is 5.88 Å². The first-order valence-electron chi connectivity index (χ1n) is 9.06. The molecule has 25 heavy (non-hydrogen) atoms.